The van der Waals surface area contributed by atoms with E-state index in [0.29, 0.717) is 12.2 Å². The molecule has 0 spiro atoms. The van der Waals surface area contributed by atoms with Gasteiger partial charge >= 0.3 is 12.2 Å². The highest BCUT2D eigenvalue weighted by Crippen LogP contribution is 2.28. The van der Waals surface area contributed by atoms with Gasteiger partial charge in [-0.2, -0.15) is 4.31 Å². The van der Waals surface area contributed by atoms with Crippen molar-refractivity contribution in [1.29, 1.82) is 0 Å². The normalized spacial score (nSPS) is 13.6. The summed E-state index contributed by atoms with van der Waals surface area (Å²) < 4.78 is 44.8. The van der Waals surface area contributed by atoms with Crippen LogP contribution in [0.1, 0.15) is 46.6 Å². The van der Waals surface area contributed by atoms with E-state index in [1.807, 2.05) is 44.2 Å². The summed E-state index contributed by atoms with van der Waals surface area (Å²) in [6.07, 6.45) is -2.02. The van der Waals surface area contributed by atoms with E-state index in [2.05, 4.69) is 10.6 Å². The Bertz CT molecular complexity index is 1250. The monoisotopic (exact) mass is 607 g/mol. The molecule has 0 bridgehead atoms. The number of carbonyl (C=O) groups excluding carboxylic acids is 2. The Balaban J connectivity index is 2.39. The maximum atomic E-state index is 13.9. The Kier molecular flexibility index (Phi) is 12.6. The van der Waals surface area contributed by atoms with Gasteiger partial charge in [0.1, 0.15) is 11.4 Å². The van der Waals surface area contributed by atoms with Gasteiger partial charge in [0, 0.05) is 20.1 Å². The number of sulfonamides is 1. The van der Waals surface area contributed by atoms with Crippen molar-refractivity contribution in [2.75, 3.05) is 33.9 Å². The van der Waals surface area contributed by atoms with Crippen LogP contribution >= 0.6 is 0 Å². The van der Waals surface area contributed by atoms with Gasteiger partial charge in [0.05, 0.1) is 30.8 Å². The number of hydrogen-bond donors (Lipinski definition) is 3. The van der Waals surface area contributed by atoms with Crippen LogP contribution in [0.3, 0.4) is 0 Å². The van der Waals surface area contributed by atoms with Crippen molar-refractivity contribution in [2.45, 2.75) is 70.1 Å². The molecule has 0 saturated carbocycles. The average molecular weight is 608 g/mol. The molecule has 0 aromatic heterocycles. The summed E-state index contributed by atoms with van der Waals surface area (Å²) >= 11 is 0. The number of benzene rings is 2. The fraction of sp³-hybridized carbons (Fsp3) is 0.533. The smallest absolute Gasteiger partial charge is 0.407 e. The van der Waals surface area contributed by atoms with Gasteiger partial charge in [-0.1, -0.05) is 44.2 Å². The number of amides is 2. The predicted octanol–water partition coefficient (Wildman–Crippen LogP) is 3.96. The van der Waals surface area contributed by atoms with Crippen molar-refractivity contribution in [2.24, 2.45) is 5.41 Å². The molecular weight excluding hydrogens is 562 g/mol. The summed E-state index contributed by atoms with van der Waals surface area (Å²) in [6.45, 7) is 8.65. The third-order valence-electron chi connectivity index (χ3n) is 6.37. The second-order valence-corrected chi connectivity index (χ2v) is 13.7. The van der Waals surface area contributed by atoms with E-state index in [4.69, 9.17) is 14.2 Å². The Morgan fingerprint density at radius 1 is 0.976 bits per heavy atom. The number of methoxy groups -OCH3 is 1. The summed E-state index contributed by atoms with van der Waals surface area (Å²) in [6, 6.07) is 14.4. The molecule has 0 saturated heterocycles. The van der Waals surface area contributed by atoms with Crippen LogP contribution < -0.4 is 15.4 Å². The number of aliphatic hydroxyl groups excluding tert-OH is 1. The number of rotatable bonds is 14. The first-order valence-corrected chi connectivity index (χ1v) is 15.2. The van der Waals surface area contributed by atoms with E-state index >= 15 is 0 Å². The van der Waals surface area contributed by atoms with Crippen LogP contribution in [0, 0.1) is 5.41 Å². The topological polar surface area (TPSA) is 144 Å². The van der Waals surface area contributed by atoms with Gasteiger partial charge < -0.3 is 30.0 Å². The molecule has 11 nitrogen and oxygen atoms in total. The molecule has 42 heavy (non-hydrogen) atoms. The molecule has 0 aliphatic heterocycles. The van der Waals surface area contributed by atoms with Gasteiger partial charge in [-0.25, -0.2) is 18.0 Å². The lowest BCUT2D eigenvalue weighted by Crippen LogP contribution is -2.52. The van der Waals surface area contributed by atoms with Crippen molar-refractivity contribution in [1.82, 2.24) is 14.9 Å². The van der Waals surface area contributed by atoms with Crippen LogP contribution in [0.2, 0.25) is 0 Å². The minimum Gasteiger partial charge on any atom is -0.497 e. The number of ether oxygens (including phenoxy) is 3. The van der Waals surface area contributed by atoms with Gasteiger partial charge in [0.25, 0.3) is 0 Å². The molecule has 3 N–H and O–H groups in total. The molecule has 0 radical (unpaired) electrons. The van der Waals surface area contributed by atoms with Gasteiger partial charge in [0.15, 0.2) is 0 Å². The van der Waals surface area contributed by atoms with Crippen molar-refractivity contribution in [3.8, 4) is 5.75 Å². The van der Waals surface area contributed by atoms with E-state index in [9.17, 15) is 23.1 Å². The second kappa shape index (κ2) is 15.2. The first kappa shape index (κ1) is 34.8. The molecule has 2 amide bonds. The molecule has 2 atom stereocenters. The number of alkyl carbamates (subject to hydrolysis) is 2. The predicted molar refractivity (Wildman–Crippen MR) is 160 cm³/mol. The molecule has 2 aromatic carbocycles. The number of carbonyl (C=O) groups is 2. The molecule has 2 unspecified atom stereocenters. The lowest BCUT2D eigenvalue weighted by molar-refractivity contribution is 0.0388. The Labute approximate surface area is 249 Å². The molecule has 0 fully saturated rings. The molecule has 2 aromatic rings. The maximum Gasteiger partial charge on any atom is 0.407 e. The third kappa shape index (κ3) is 11.5. The summed E-state index contributed by atoms with van der Waals surface area (Å²) in [4.78, 5) is 24.3. The summed E-state index contributed by atoms with van der Waals surface area (Å²) in [5, 5.41) is 16.6. The molecular formula is C30H45N3O8S. The lowest BCUT2D eigenvalue weighted by atomic mass is 9.89. The molecule has 234 valence electrons. The highest BCUT2D eigenvalue weighted by molar-refractivity contribution is 7.89. The van der Waals surface area contributed by atoms with Crippen LogP contribution in [0.5, 0.6) is 5.75 Å². The SMILES string of the molecule is CNC(=O)OCCC(C)(C)CN(CC(O)C(Cc1ccccc1)NC(=O)OC(C)(C)C)S(=O)(=O)c1ccc(OC)cc1. The first-order valence-electron chi connectivity index (χ1n) is 13.8. The molecule has 0 aliphatic carbocycles. The Morgan fingerprint density at radius 2 is 1.60 bits per heavy atom. The average Bonchev–Trinajstić information content (AvgIpc) is 2.91. The van der Waals surface area contributed by atoms with Crippen LogP contribution in [0.15, 0.2) is 59.5 Å². The molecule has 2 rings (SSSR count). The van der Waals surface area contributed by atoms with E-state index in [1.165, 1.54) is 30.6 Å². The zero-order chi connectivity index (χ0) is 31.6. The second-order valence-electron chi connectivity index (χ2n) is 11.8. The first-order chi connectivity index (χ1) is 19.6. The largest absolute Gasteiger partial charge is 0.497 e. The van der Waals surface area contributed by atoms with Crippen LogP contribution in [0.4, 0.5) is 9.59 Å². The van der Waals surface area contributed by atoms with Crippen LogP contribution in [-0.4, -0.2) is 81.6 Å². The Hall–Kier alpha value is -3.35. The van der Waals surface area contributed by atoms with E-state index in [0.717, 1.165) is 5.56 Å². The lowest BCUT2D eigenvalue weighted by Gasteiger charge is -2.35. The van der Waals surface area contributed by atoms with Gasteiger partial charge in [-0.3, -0.25) is 0 Å². The quantitative estimate of drug-likeness (QED) is 0.293. The fourth-order valence-corrected chi connectivity index (χ4v) is 5.79. The number of nitrogens with one attached hydrogen (secondary N) is 2. The number of aliphatic hydroxyl groups is 1. The van der Waals surface area contributed by atoms with Crippen molar-refractivity contribution < 1.29 is 37.3 Å². The molecule has 0 heterocycles. The molecule has 12 heteroatoms. The number of nitrogens with zero attached hydrogens (tertiary/aromatic N) is 1. The van der Waals surface area contributed by atoms with Gasteiger partial charge in [-0.05, 0) is 68.9 Å². The minimum atomic E-state index is -4.11. The zero-order valence-corrected chi connectivity index (χ0v) is 26.4. The highest BCUT2D eigenvalue weighted by atomic mass is 32.2. The summed E-state index contributed by atoms with van der Waals surface area (Å²) in [5.41, 5.74) is -0.577. The maximum absolute atomic E-state index is 13.9. The van der Waals surface area contributed by atoms with Gasteiger partial charge in [-0.15, -0.1) is 0 Å². The Morgan fingerprint density at radius 3 is 2.14 bits per heavy atom. The standard InChI is InChI=1S/C30H45N3O8S/c1-29(2,3)41-28(36)32-25(19-22-11-9-8-10-12-22)26(34)20-33(21-30(4,5)17-18-40-27(35)31-6)42(37,38)24-15-13-23(39-7)14-16-24/h8-16,25-26,34H,17-21H2,1-7H3,(H,31,35)(H,32,36). The minimum absolute atomic E-state index is 0.0000209. The zero-order valence-electron chi connectivity index (χ0n) is 25.5. The van der Waals surface area contributed by atoms with E-state index in [1.54, 1.807) is 32.9 Å². The van der Waals surface area contributed by atoms with Crippen LogP contribution in [-0.2, 0) is 25.9 Å². The third-order valence-corrected chi connectivity index (χ3v) is 8.20. The molecule has 0 aliphatic rings. The van der Waals surface area contributed by atoms with E-state index in [-0.39, 0.29) is 31.0 Å². The van der Waals surface area contributed by atoms with Crippen molar-refractivity contribution in [3.63, 3.8) is 0 Å². The summed E-state index contributed by atoms with van der Waals surface area (Å²) in [7, 11) is -1.17. The van der Waals surface area contributed by atoms with E-state index < -0.39 is 45.4 Å². The summed E-state index contributed by atoms with van der Waals surface area (Å²) in [5.74, 6) is 0.497. The van der Waals surface area contributed by atoms with Crippen molar-refractivity contribution >= 4 is 22.2 Å². The van der Waals surface area contributed by atoms with Gasteiger partial charge in [0.2, 0.25) is 10.0 Å². The highest BCUT2D eigenvalue weighted by Gasteiger charge is 2.35. The fourth-order valence-electron chi connectivity index (χ4n) is 4.14. The van der Waals surface area contributed by atoms with Crippen LogP contribution in [0.25, 0.3) is 0 Å². The van der Waals surface area contributed by atoms with Crippen molar-refractivity contribution in [3.05, 3.63) is 60.2 Å². The number of hydrogen-bond acceptors (Lipinski definition) is 8.